The highest BCUT2D eigenvalue weighted by Gasteiger charge is 2.34. The molecule has 3 aromatic carbocycles. The Bertz CT molecular complexity index is 1470. The Morgan fingerprint density at radius 2 is 1.62 bits per heavy atom. The van der Waals surface area contributed by atoms with Crippen LogP contribution in [0.2, 0.25) is 10.0 Å². The van der Waals surface area contributed by atoms with Crippen LogP contribution >= 0.6 is 23.2 Å². The Balaban J connectivity index is 2.12. The summed E-state index contributed by atoms with van der Waals surface area (Å²) < 4.78 is 37.7. The van der Waals surface area contributed by atoms with Gasteiger partial charge in [-0.25, -0.2) is 8.42 Å². The van der Waals surface area contributed by atoms with Gasteiger partial charge < -0.3 is 19.7 Å². The molecule has 0 saturated heterocycles. The summed E-state index contributed by atoms with van der Waals surface area (Å²) in [4.78, 5) is 29.2. The molecule has 1 atom stereocenters. The van der Waals surface area contributed by atoms with Crippen molar-refractivity contribution in [3.63, 3.8) is 0 Å². The summed E-state index contributed by atoms with van der Waals surface area (Å²) in [6.07, 6.45) is 1.86. The predicted molar refractivity (Wildman–Crippen MR) is 166 cm³/mol. The van der Waals surface area contributed by atoms with Crippen molar-refractivity contribution in [2.45, 2.75) is 32.4 Å². The van der Waals surface area contributed by atoms with Crippen molar-refractivity contribution >= 4 is 50.7 Å². The number of hydrogen-bond acceptors (Lipinski definition) is 6. The van der Waals surface area contributed by atoms with Gasteiger partial charge in [0.05, 0.1) is 26.2 Å². The number of amides is 2. The topological polar surface area (TPSA) is 105 Å². The highest BCUT2D eigenvalue weighted by molar-refractivity contribution is 7.92. The Labute approximate surface area is 257 Å². The number of benzene rings is 3. The number of carbonyl (C=O) groups is 2. The van der Waals surface area contributed by atoms with Crippen LogP contribution in [0.1, 0.15) is 24.5 Å². The number of carbonyl (C=O) groups excluding carboxylic acids is 2. The molecule has 0 radical (unpaired) electrons. The highest BCUT2D eigenvalue weighted by Crippen LogP contribution is 2.34. The summed E-state index contributed by atoms with van der Waals surface area (Å²) in [6.45, 7) is 1.57. The molecular formula is C30H35Cl2N3O6S. The number of sulfonamides is 1. The molecule has 0 aliphatic heterocycles. The van der Waals surface area contributed by atoms with Crippen LogP contribution in [0.3, 0.4) is 0 Å². The number of ether oxygens (including phenoxy) is 2. The number of nitrogens with one attached hydrogen (secondary N) is 1. The second-order valence-corrected chi connectivity index (χ2v) is 12.2. The molecule has 0 saturated carbocycles. The summed E-state index contributed by atoms with van der Waals surface area (Å²) in [5.74, 6) is -0.386. The maximum absolute atomic E-state index is 14.2. The first kappa shape index (κ1) is 33.0. The van der Waals surface area contributed by atoms with Gasteiger partial charge >= 0.3 is 0 Å². The Morgan fingerprint density at radius 1 is 0.952 bits per heavy atom. The van der Waals surface area contributed by atoms with Crippen LogP contribution < -0.4 is 19.1 Å². The fourth-order valence-electron chi connectivity index (χ4n) is 4.36. The van der Waals surface area contributed by atoms with Gasteiger partial charge in [-0.15, -0.1) is 0 Å². The van der Waals surface area contributed by atoms with Gasteiger partial charge in [-0.1, -0.05) is 66.5 Å². The van der Waals surface area contributed by atoms with Gasteiger partial charge in [0, 0.05) is 41.2 Å². The van der Waals surface area contributed by atoms with Crippen LogP contribution in [-0.4, -0.2) is 64.7 Å². The number of hydrogen-bond donors (Lipinski definition) is 1. The molecule has 0 spiro atoms. The van der Waals surface area contributed by atoms with Crippen molar-refractivity contribution < 1.29 is 27.5 Å². The SMILES string of the molecule is CCCNC(=O)[C@@H](Cc1ccccc1)N(Cc1c(Cl)cccc1Cl)C(=O)CN(c1ccc(OC)cc1OC)S(C)(=O)=O. The van der Waals surface area contributed by atoms with Gasteiger partial charge in [0.1, 0.15) is 24.1 Å². The van der Waals surface area contributed by atoms with E-state index in [1.165, 1.54) is 31.3 Å². The van der Waals surface area contributed by atoms with E-state index in [-0.39, 0.29) is 30.3 Å². The zero-order valence-corrected chi connectivity index (χ0v) is 26.3. The minimum absolute atomic E-state index is 0.133. The molecule has 12 heteroatoms. The summed E-state index contributed by atoms with van der Waals surface area (Å²) in [5.41, 5.74) is 1.39. The molecule has 3 rings (SSSR count). The molecule has 0 heterocycles. The first-order valence-electron chi connectivity index (χ1n) is 13.2. The quantitative estimate of drug-likeness (QED) is 0.269. The van der Waals surface area contributed by atoms with Crippen molar-refractivity contribution in [1.29, 1.82) is 0 Å². The molecule has 1 N–H and O–H groups in total. The van der Waals surface area contributed by atoms with E-state index >= 15 is 0 Å². The van der Waals surface area contributed by atoms with E-state index in [2.05, 4.69) is 5.32 Å². The number of anilines is 1. The molecule has 9 nitrogen and oxygen atoms in total. The lowest BCUT2D eigenvalue weighted by Gasteiger charge is -2.34. The van der Waals surface area contributed by atoms with Crippen LogP contribution in [-0.2, 0) is 32.6 Å². The van der Waals surface area contributed by atoms with Crippen molar-refractivity contribution in [2.24, 2.45) is 0 Å². The Morgan fingerprint density at radius 3 is 2.19 bits per heavy atom. The third kappa shape index (κ3) is 8.53. The van der Waals surface area contributed by atoms with E-state index in [0.29, 0.717) is 34.3 Å². The van der Waals surface area contributed by atoms with Crippen molar-refractivity contribution in [3.05, 3.63) is 87.9 Å². The third-order valence-corrected chi connectivity index (χ3v) is 8.38. The number of nitrogens with zero attached hydrogens (tertiary/aromatic N) is 2. The van der Waals surface area contributed by atoms with Crippen LogP contribution in [0.15, 0.2) is 66.7 Å². The lowest BCUT2D eigenvalue weighted by atomic mass is 10.0. The monoisotopic (exact) mass is 635 g/mol. The minimum Gasteiger partial charge on any atom is -0.497 e. The molecule has 0 aliphatic rings. The van der Waals surface area contributed by atoms with Crippen molar-refractivity contribution in [3.8, 4) is 11.5 Å². The first-order valence-corrected chi connectivity index (χ1v) is 15.8. The van der Waals surface area contributed by atoms with E-state index in [0.717, 1.165) is 16.1 Å². The molecular weight excluding hydrogens is 601 g/mol. The van der Waals surface area contributed by atoms with Crippen molar-refractivity contribution in [2.75, 3.05) is 37.9 Å². The fraction of sp³-hybridized carbons (Fsp3) is 0.333. The summed E-state index contributed by atoms with van der Waals surface area (Å²) in [7, 11) is -1.13. The molecule has 0 bridgehead atoms. The minimum atomic E-state index is -3.99. The molecule has 0 aromatic heterocycles. The van der Waals surface area contributed by atoms with Gasteiger partial charge in [-0.2, -0.15) is 0 Å². The average Bonchev–Trinajstić information content (AvgIpc) is 2.97. The van der Waals surface area contributed by atoms with E-state index in [9.17, 15) is 18.0 Å². The highest BCUT2D eigenvalue weighted by atomic mass is 35.5. The van der Waals surface area contributed by atoms with E-state index in [1.54, 1.807) is 24.3 Å². The molecule has 3 aromatic rings. The molecule has 0 unspecified atom stereocenters. The zero-order valence-electron chi connectivity index (χ0n) is 24.0. The maximum Gasteiger partial charge on any atom is 0.244 e. The Hall–Kier alpha value is -3.47. The van der Waals surface area contributed by atoms with Crippen LogP contribution in [0.5, 0.6) is 11.5 Å². The van der Waals surface area contributed by atoms with Gasteiger partial charge in [-0.05, 0) is 36.2 Å². The van der Waals surface area contributed by atoms with E-state index in [4.69, 9.17) is 32.7 Å². The van der Waals surface area contributed by atoms with Crippen LogP contribution in [0.25, 0.3) is 0 Å². The molecule has 0 fully saturated rings. The molecule has 0 aliphatic carbocycles. The molecule has 226 valence electrons. The summed E-state index contributed by atoms with van der Waals surface area (Å²) in [6, 6.07) is 17.8. The normalized spacial score (nSPS) is 11.9. The predicted octanol–water partition coefficient (Wildman–Crippen LogP) is 4.94. The second kappa shape index (κ2) is 15.1. The largest absolute Gasteiger partial charge is 0.497 e. The van der Waals surface area contributed by atoms with Crippen LogP contribution in [0, 0.1) is 0 Å². The smallest absolute Gasteiger partial charge is 0.244 e. The summed E-state index contributed by atoms with van der Waals surface area (Å²) in [5, 5.41) is 3.50. The third-order valence-electron chi connectivity index (χ3n) is 6.55. The second-order valence-electron chi connectivity index (χ2n) is 9.53. The molecule has 42 heavy (non-hydrogen) atoms. The van der Waals surface area contributed by atoms with Gasteiger partial charge in [-0.3, -0.25) is 13.9 Å². The first-order chi connectivity index (χ1) is 20.0. The average molecular weight is 637 g/mol. The Kier molecular flexibility index (Phi) is 11.9. The van der Waals surface area contributed by atoms with Gasteiger partial charge in [0.2, 0.25) is 21.8 Å². The fourth-order valence-corrected chi connectivity index (χ4v) is 5.73. The van der Waals surface area contributed by atoms with Gasteiger partial charge in [0.15, 0.2) is 0 Å². The lowest BCUT2D eigenvalue weighted by molar-refractivity contribution is -0.140. The van der Waals surface area contributed by atoms with Crippen molar-refractivity contribution in [1.82, 2.24) is 10.2 Å². The number of rotatable bonds is 14. The lowest BCUT2D eigenvalue weighted by Crippen LogP contribution is -2.53. The number of halogens is 2. The number of methoxy groups -OCH3 is 2. The summed E-state index contributed by atoms with van der Waals surface area (Å²) >= 11 is 13.0. The maximum atomic E-state index is 14.2. The van der Waals surface area contributed by atoms with E-state index < -0.39 is 28.5 Å². The molecule has 2 amide bonds. The van der Waals surface area contributed by atoms with E-state index in [1.807, 2.05) is 37.3 Å². The zero-order chi connectivity index (χ0) is 30.9. The standard InChI is InChI=1S/C30H35Cl2N3O6S/c1-5-16-33-30(37)27(17-21-10-7-6-8-11-21)34(19-23-24(31)12-9-13-25(23)32)29(36)20-35(42(4,38)39)26-15-14-22(40-2)18-28(26)41-3/h6-15,18,27H,5,16-17,19-20H2,1-4H3,(H,33,37)/t27-/m1/s1. The van der Waals surface area contributed by atoms with Gasteiger partial charge in [0.25, 0.3) is 0 Å². The van der Waals surface area contributed by atoms with Crippen LogP contribution in [0.4, 0.5) is 5.69 Å².